The maximum Gasteiger partial charge on any atom is 0.264 e. The summed E-state index contributed by atoms with van der Waals surface area (Å²) in [6.07, 6.45) is 3.21. The molecule has 0 spiro atoms. The molecule has 0 saturated carbocycles. The van der Waals surface area contributed by atoms with E-state index in [9.17, 15) is 12.8 Å². The average Bonchev–Trinajstić information content (AvgIpc) is 2.68. The lowest BCUT2D eigenvalue weighted by Crippen LogP contribution is -2.30. The molecule has 0 unspecified atom stereocenters. The van der Waals surface area contributed by atoms with Crippen LogP contribution < -0.4 is 9.04 Å². The predicted octanol–water partition coefficient (Wildman–Crippen LogP) is 3.62. The summed E-state index contributed by atoms with van der Waals surface area (Å²) in [5.74, 6) is 0.126. The van der Waals surface area contributed by atoms with Gasteiger partial charge in [-0.3, -0.25) is 9.29 Å². The zero-order chi connectivity index (χ0) is 18.6. The summed E-state index contributed by atoms with van der Waals surface area (Å²) < 4.78 is 46.0. The third-order valence-corrected chi connectivity index (χ3v) is 5.60. The van der Waals surface area contributed by atoms with Gasteiger partial charge < -0.3 is 4.74 Å². The predicted molar refractivity (Wildman–Crippen MR) is 97.0 cm³/mol. The Morgan fingerprint density at radius 1 is 1.04 bits per heavy atom. The van der Waals surface area contributed by atoms with Crippen LogP contribution in [0.1, 0.15) is 5.56 Å². The molecule has 2 aromatic carbocycles. The quantitative estimate of drug-likeness (QED) is 0.663. The molecule has 1 aromatic heterocycles. The van der Waals surface area contributed by atoms with Crippen LogP contribution in [-0.4, -0.2) is 20.5 Å². The van der Waals surface area contributed by atoms with Crippen LogP contribution in [0, 0.1) is 5.82 Å². The number of aromatic nitrogens is 1. The first-order valence-electron chi connectivity index (χ1n) is 7.82. The van der Waals surface area contributed by atoms with E-state index in [-0.39, 0.29) is 11.4 Å². The Bertz CT molecular complexity index is 960. The molecule has 1 heterocycles. The van der Waals surface area contributed by atoms with Gasteiger partial charge in [0.2, 0.25) is 0 Å². The fraction of sp³-hybridized carbons (Fsp3) is 0.105. The molecule has 0 fully saturated rings. The van der Waals surface area contributed by atoms with E-state index in [1.807, 2.05) is 0 Å². The lowest BCUT2D eigenvalue weighted by Gasteiger charge is -2.24. The van der Waals surface area contributed by atoms with Gasteiger partial charge >= 0.3 is 0 Å². The highest BCUT2D eigenvalue weighted by Crippen LogP contribution is 2.27. The smallest absolute Gasteiger partial charge is 0.264 e. The maximum atomic E-state index is 13.3. The van der Waals surface area contributed by atoms with Crippen molar-refractivity contribution in [2.75, 3.05) is 11.4 Å². The number of anilines is 1. The Labute approximate surface area is 151 Å². The number of pyridine rings is 1. The van der Waals surface area contributed by atoms with Crippen LogP contribution in [0.15, 0.2) is 78.0 Å². The minimum absolute atomic E-state index is 0.0772. The lowest BCUT2D eigenvalue weighted by atomic mass is 10.2. The van der Waals surface area contributed by atoms with Crippen molar-refractivity contribution in [1.82, 2.24) is 4.98 Å². The molecule has 5 nitrogen and oxygen atoms in total. The molecule has 0 aliphatic heterocycles. The third kappa shape index (κ3) is 3.83. The lowest BCUT2D eigenvalue weighted by molar-refractivity contribution is 0.414. The van der Waals surface area contributed by atoms with Crippen molar-refractivity contribution >= 4 is 15.7 Å². The minimum Gasteiger partial charge on any atom is -0.497 e. The van der Waals surface area contributed by atoms with Crippen molar-refractivity contribution in [1.29, 1.82) is 0 Å². The van der Waals surface area contributed by atoms with Crippen LogP contribution in [0.4, 0.5) is 10.1 Å². The molecular weight excluding hydrogens is 355 g/mol. The van der Waals surface area contributed by atoms with Crippen molar-refractivity contribution < 1.29 is 17.5 Å². The number of hydrogen-bond acceptors (Lipinski definition) is 4. The van der Waals surface area contributed by atoms with Gasteiger partial charge in [0.1, 0.15) is 11.6 Å². The van der Waals surface area contributed by atoms with Crippen LogP contribution in [0.3, 0.4) is 0 Å². The molecule has 134 valence electrons. The van der Waals surface area contributed by atoms with Crippen LogP contribution in [-0.2, 0) is 16.6 Å². The first-order chi connectivity index (χ1) is 12.5. The Hall–Kier alpha value is -2.93. The summed E-state index contributed by atoms with van der Waals surface area (Å²) >= 11 is 0. The van der Waals surface area contributed by atoms with Crippen molar-refractivity contribution in [3.05, 3.63) is 84.4 Å². The fourth-order valence-corrected chi connectivity index (χ4v) is 3.91. The molecule has 3 aromatic rings. The highest BCUT2D eigenvalue weighted by molar-refractivity contribution is 7.92. The number of halogens is 1. The molecule has 3 rings (SSSR count). The number of benzene rings is 2. The van der Waals surface area contributed by atoms with Gasteiger partial charge in [-0.15, -0.1) is 0 Å². The molecule has 0 aliphatic rings. The highest BCUT2D eigenvalue weighted by atomic mass is 32.2. The number of ether oxygens (including phenoxy) is 1. The van der Waals surface area contributed by atoms with E-state index in [0.717, 1.165) is 0 Å². The summed E-state index contributed by atoms with van der Waals surface area (Å²) in [5.41, 5.74) is 1.08. The van der Waals surface area contributed by atoms with Gasteiger partial charge in [-0.05, 0) is 60.2 Å². The summed E-state index contributed by atoms with van der Waals surface area (Å²) in [7, 11) is -2.35. The first kappa shape index (κ1) is 17.9. The number of rotatable bonds is 6. The third-order valence-electron chi connectivity index (χ3n) is 3.81. The van der Waals surface area contributed by atoms with Crippen molar-refractivity contribution in [2.45, 2.75) is 11.4 Å². The molecule has 0 saturated heterocycles. The van der Waals surface area contributed by atoms with Gasteiger partial charge in [-0.25, -0.2) is 12.8 Å². The fourth-order valence-electron chi connectivity index (χ4n) is 2.45. The van der Waals surface area contributed by atoms with Crippen molar-refractivity contribution in [3.63, 3.8) is 0 Å². The van der Waals surface area contributed by atoms with E-state index in [2.05, 4.69) is 4.98 Å². The van der Waals surface area contributed by atoms with Gasteiger partial charge in [0.15, 0.2) is 0 Å². The van der Waals surface area contributed by atoms with Crippen molar-refractivity contribution in [3.8, 4) is 5.75 Å². The molecule has 0 amide bonds. The van der Waals surface area contributed by atoms with E-state index in [4.69, 9.17) is 4.74 Å². The molecule has 0 atom stereocenters. The van der Waals surface area contributed by atoms with E-state index < -0.39 is 15.8 Å². The van der Waals surface area contributed by atoms with E-state index in [0.29, 0.717) is 17.0 Å². The SMILES string of the molecule is COc1ccc(S(=O)(=O)N(Cc2cccnc2)c2ccc(F)cc2)cc1. The first-order valence-corrected chi connectivity index (χ1v) is 9.26. The zero-order valence-electron chi connectivity index (χ0n) is 14.0. The second-order valence-corrected chi connectivity index (χ2v) is 7.39. The largest absolute Gasteiger partial charge is 0.497 e. The summed E-state index contributed by atoms with van der Waals surface area (Å²) in [4.78, 5) is 4.14. The summed E-state index contributed by atoms with van der Waals surface area (Å²) in [6, 6.07) is 15.0. The molecule has 7 heteroatoms. The average molecular weight is 372 g/mol. The normalized spacial score (nSPS) is 11.2. The van der Waals surface area contributed by atoms with E-state index in [1.54, 1.807) is 36.7 Å². The molecular formula is C19H17FN2O3S. The number of methoxy groups -OCH3 is 1. The molecule has 0 radical (unpaired) electrons. The maximum absolute atomic E-state index is 13.3. The molecule has 26 heavy (non-hydrogen) atoms. The topological polar surface area (TPSA) is 59.5 Å². The van der Waals surface area contributed by atoms with Gasteiger partial charge in [0.05, 0.1) is 24.2 Å². The molecule has 0 aliphatic carbocycles. The van der Waals surface area contributed by atoms with Crippen LogP contribution in [0.2, 0.25) is 0 Å². The number of nitrogens with zero attached hydrogens (tertiary/aromatic N) is 2. The van der Waals surface area contributed by atoms with Gasteiger partial charge in [0, 0.05) is 12.4 Å². The van der Waals surface area contributed by atoms with Gasteiger partial charge in [-0.2, -0.15) is 0 Å². The zero-order valence-corrected chi connectivity index (χ0v) is 14.9. The molecule has 0 N–H and O–H groups in total. The Morgan fingerprint density at radius 3 is 2.31 bits per heavy atom. The van der Waals surface area contributed by atoms with E-state index >= 15 is 0 Å². The summed E-state index contributed by atoms with van der Waals surface area (Å²) in [6.45, 7) is 0.0772. The Kier molecular flexibility index (Phi) is 5.18. The minimum atomic E-state index is -3.86. The van der Waals surface area contributed by atoms with Crippen LogP contribution in [0.25, 0.3) is 0 Å². The highest BCUT2D eigenvalue weighted by Gasteiger charge is 2.25. The van der Waals surface area contributed by atoms with Gasteiger partial charge in [0.25, 0.3) is 10.0 Å². The Balaban J connectivity index is 2.04. The second kappa shape index (κ2) is 7.53. The monoisotopic (exact) mass is 372 g/mol. The van der Waals surface area contributed by atoms with Crippen molar-refractivity contribution in [2.24, 2.45) is 0 Å². The Morgan fingerprint density at radius 2 is 1.73 bits per heavy atom. The second-order valence-electron chi connectivity index (χ2n) is 5.52. The van der Waals surface area contributed by atoms with Crippen LogP contribution in [0.5, 0.6) is 5.75 Å². The number of sulfonamides is 1. The standard InChI is InChI=1S/C19H17FN2O3S/c1-25-18-8-10-19(11-9-18)26(23,24)22(14-15-3-2-12-21-13-15)17-6-4-16(20)5-7-17/h2-13H,14H2,1H3. The van der Waals surface area contributed by atoms with Gasteiger partial charge in [-0.1, -0.05) is 6.07 Å². The summed E-state index contributed by atoms with van der Waals surface area (Å²) in [5, 5.41) is 0. The molecule has 0 bridgehead atoms. The van der Waals surface area contributed by atoms with Crippen LogP contribution >= 0.6 is 0 Å². The number of hydrogen-bond donors (Lipinski definition) is 0. The van der Waals surface area contributed by atoms with E-state index in [1.165, 1.54) is 47.8 Å².